The zero-order chi connectivity index (χ0) is 10.9. The molecular formula is C14H23CrN. The first kappa shape index (κ1) is 15.7. The van der Waals surface area contributed by atoms with Gasteiger partial charge in [-0.3, -0.25) is 4.98 Å². The van der Waals surface area contributed by atoms with Crippen LogP contribution in [0.1, 0.15) is 63.9 Å². The van der Waals surface area contributed by atoms with Crippen LogP contribution in [0.4, 0.5) is 0 Å². The quantitative estimate of drug-likeness (QED) is 0.698. The van der Waals surface area contributed by atoms with E-state index in [-0.39, 0.29) is 17.4 Å². The van der Waals surface area contributed by atoms with E-state index < -0.39 is 0 Å². The summed E-state index contributed by atoms with van der Waals surface area (Å²) in [5, 5.41) is 0. The van der Waals surface area contributed by atoms with E-state index in [1.165, 1.54) is 44.1 Å². The first-order chi connectivity index (χ1) is 7.38. The van der Waals surface area contributed by atoms with Gasteiger partial charge < -0.3 is 0 Å². The van der Waals surface area contributed by atoms with E-state index in [4.69, 9.17) is 0 Å². The summed E-state index contributed by atoms with van der Waals surface area (Å²) < 4.78 is 0. The molecule has 0 saturated heterocycles. The van der Waals surface area contributed by atoms with Crippen LogP contribution in [-0.2, 0) is 17.4 Å². The minimum absolute atomic E-state index is 0. The second-order valence-electron chi connectivity index (χ2n) is 4.26. The Morgan fingerprint density at radius 2 is 1.50 bits per heavy atom. The van der Waals surface area contributed by atoms with E-state index in [9.17, 15) is 0 Å². The third-order valence-electron chi connectivity index (χ3n) is 2.99. The van der Waals surface area contributed by atoms with Gasteiger partial charge in [0.05, 0.1) is 0 Å². The smallest absolute Gasteiger partial charge is 0.0270 e. The molecule has 0 saturated carbocycles. The number of hydrogen-bond acceptors (Lipinski definition) is 1. The van der Waals surface area contributed by atoms with E-state index in [0.29, 0.717) is 0 Å². The average Bonchev–Trinajstić information content (AvgIpc) is 2.30. The molecule has 0 aliphatic heterocycles. The molecule has 0 bridgehead atoms. The van der Waals surface area contributed by atoms with Crippen molar-refractivity contribution in [3.63, 3.8) is 0 Å². The Bertz CT molecular complexity index is 240. The van der Waals surface area contributed by atoms with Gasteiger partial charge in [0.2, 0.25) is 0 Å². The number of nitrogens with zero attached hydrogens (tertiary/aromatic N) is 1. The molecule has 0 fully saturated rings. The van der Waals surface area contributed by atoms with Gasteiger partial charge in [0.25, 0.3) is 0 Å². The Kier molecular flexibility index (Phi) is 9.68. The molecule has 0 radical (unpaired) electrons. The molecule has 1 rings (SSSR count). The summed E-state index contributed by atoms with van der Waals surface area (Å²) in [5.41, 5.74) is 1.48. The maximum absolute atomic E-state index is 4.09. The van der Waals surface area contributed by atoms with Crippen molar-refractivity contribution in [2.75, 3.05) is 0 Å². The van der Waals surface area contributed by atoms with Crippen LogP contribution in [0.2, 0.25) is 0 Å². The molecule has 0 aliphatic rings. The molecule has 0 unspecified atom stereocenters. The second-order valence-corrected chi connectivity index (χ2v) is 4.26. The fraction of sp³-hybridized carbons (Fsp3) is 0.643. The van der Waals surface area contributed by atoms with E-state index in [2.05, 4.69) is 31.0 Å². The maximum atomic E-state index is 4.09. The van der Waals surface area contributed by atoms with Crippen LogP contribution >= 0.6 is 0 Å². The molecule has 0 aliphatic carbocycles. The van der Waals surface area contributed by atoms with Gasteiger partial charge in [-0.05, 0) is 36.5 Å². The van der Waals surface area contributed by atoms with Gasteiger partial charge in [-0.25, -0.2) is 0 Å². The number of aromatic nitrogens is 1. The van der Waals surface area contributed by atoms with Crippen LogP contribution in [-0.4, -0.2) is 4.98 Å². The summed E-state index contributed by atoms with van der Waals surface area (Å²) in [6.07, 6.45) is 11.8. The molecule has 0 amide bonds. The zero-order valence-corrected chi connectivity index (χ0v) is 11.8. The van der Waals surface area contributed by atoms with E-state index in [1.54, 1.807) is 0 Å². The molecule has 0 spiro atoms. The van der Waals surface area contributed by atoms with Gasteiger partial charge >= 0.3 is 0 Å². The molecule has 2 heteroatoms. The number of pyridine rings is 1. The van der Waals surface area contributed by atoms with Crippen molar-refractivity contribution in [2.45, 2.75) is 58.3 Å². The van der Waals surface area contributed by atoms with Gasteiger partial charge in [0, 0.05) is 29.8 Å². The summed E-state index contributed by atoms with van der Waals surface area (Å²) in [6.45, 7) is 4.53. The van der Waals surface area contributed by atoms with Gasteiger partial charge in [0.1, 0.15) is 0 Å². The first-order valence-electron chi connectivity index (χ1n) is 6.28. The third kappa shape index (κ3) is 5.68. The number of hydrogen-bond donors (Lipinski definition) is 0. The Morgan fingerprint density at radius 1 is 1.00 bits per heavy atom. The van der Waals surface area contributed by atoms with Crippen molar-refractivity contribution in [1.29, 1.82) is 0 Å². The molecule has 1 aromatic rings. The molecule has 0 aromatic carbocycles. The predicted octanol–water partition coefficient (Wildman–Crippen LogP) is 4.54. The molecule has 16 heavy (non-hydrogen) atoms. The summed E-state index contributed by atoms with van der Waals surface area (Å²) >= 11 is 0. The molecule has 1 aromatic heterocycles. The molecule has 1 heterocycles. The Morgan fingerprint density at radius 3 is 1.94 bits per heavy atom. The average molecular weight is 257 g/mol. The summed E-state index contributed by atoms with van der Waals surface area (Å²) in [7, 11) is 0. The number of unbranched alkanes of at least 4 members (excludes halogenated alkanes) is 2. The fourth-order valence-corrected chi connectivity index (χ4v) is 2.01. The predicted molar refractivity (Wildman–Crippen MR) is 66.0 cm³/mol. The normalized spacial score (nSPS) is 10.2. The molecule has 90 valence electrons. The molecule has 0 atom stereocenters. The number of rotatable bonds is 7. The SMILES string of the molecule is CCCCC(CCCC)c1ccncc1.[Cr]. The fourth-order valence-electron chi connectivity index (χ4n) is 2.01. The standard InChI is InChI=1S/C14H23N.Cr/c1-3-5-7-13(8-6-4-2)14-9-11-15-12-10-14;/h9-13H,3-8H2,1-2H3;. The van der Waals surface area contributed by atoms with E-state index >= 15 is 0 Å². The van der Waals surface area contributed by atoms with Gasteiger partial charge in [-0.15, -0.1) is 0 Å². The first-order valence-corrected chi connectivity index (χ1v) is 6.28. The zero-order valence-electron chi connectivity index (χ0n) is 10.5. The van der Waals surface area contributed by atoms with Crippen LogP contribution in [0.25, 0.3) is 0 Å². The Balaban J connectivity index is 0.00000225. The summed E-state index contributed by atoms with van der Waals surface area (Å²) in [4.78, 5) is 4.09. The molecule has 0 N–H and O–H groups in total. The minimum atomic E-state index is 0. The van der Waals surface area contributed by atoms with Crippen LogP contribution < -0.4 is 0 Å². The monoisotopic (exact) mass is 257 g/mol. The van der Waals surface area contributed by atoms with Crippen molar-refractivity contribution in [1.82, 2.24) is 4.98 Å². The van der Waals surface area contributed by atoms with E-state index in [0.717, 1.165) is 5.92 Å². The van der Waals surface area contributed by atoms with Crippen molar-refractivity contribution >= 4 is 0 Å². The Labute approximate surface area is 111 Å². The Hall–Kier alpha value is -0.318. The van der Waals surface area contributed by atoms with Crippen molar-refractivity contribution in [3.8, 4) is 0 Å². The van der Waals surface area contributed by atoms with Crippen LogP contribution in [0.5, 0.6) is 0 Å². The maximum Gasteiger partial charge on any atom is 0.0270 e. The second kappa shape index (κ2) is 9.88. The van der Waals surface area contributed by atoms with Crippen LogP contribution in [0.15, 0.2) is 24.5 Å². The van der Waals surface area contributed by atoms with Crippen LogP contribution in [0, 0.1) is 0 Å². The van der Waals surface area contributed by atoms with Gasteiger partial charge in [0.15, 0.2) is 0 Å². The summed E-state index contributed by atoms with van der Waals surface area (Å²) in [5.74, 6) is 0.757. The molecule has 1 nitrogen and oxygen atoms in total. The van der Waals surface area contributed by atoms with Crippen molar-refractivity contribution < 1.29 is 17.4 Å². The van der Waals surface area contributed by atoms with Gasteiger partial charge in [-0.1, -0.05) is 39.5 Å². The van der Waals surface area contributed by atoms with Crippen molar-refractivity contribution in [3.05, 3.63) is 30.1 Å². The topological polar surface area (TPSA) is 12.9 Å². The molecular weight excluding hydrogens is 234 g/mol. The van der Waals surface area contributed by atoms with Crippen LogP contribution in [0.3, 0.4) is 0 Å². The minimum Gasteiger partial charge on any atom is -0.265 e. The third-order valence-corrected chi connectivity index (χ3v) is 2.99. The largest absolute Gasteiger partial charge is 0.265 e. The van der Waals surface area contributed by atoms with E-state index in [1.807, 2.05) is 12.4 Å². The van der Waals surface area contributed by atoms with Gasteiger partial charge in [-0.2, -0.15) is 0 Å². The summed E-state index contributed by atoms with van der Waals surface area (Å²) in [6, 6.07) is 4.35. The van der Waals surface area contributed by atoms with Crippen molar-refractivity contribution in [2.24, 2.45) is 0 Å².